The van der Waals surface area contributed by atoms with Crippen LogP contribution >= 0.6 is 0 Å². The molecule has 1 atom stereocenters. The van der Waals surface area contributed by atoms with Gasteiger partial charge in [-0.05, 0) is 12.5 Å². The molecule has 86 valence electrons. The Labute approximate surface area is 97.2 Å². The summed E-state index contributed by atoms with van der Waals surface area (Å²) >= 11 is 0. The van der Waals surface area contributed by atoms with E-state index in [2.05, 4.69) is 15.0 Å². The van der Waals surface area contributed by atoms with Crippen LogP contribution in [0.4, 0.5) is 0 Å². The molecule has 0 saturated carbocycles. The minimum atomic E-state index is -0.163. The average Bonchev–Trinajstić information content (AvgIpc) is 2.73. The Bertz CT molecular complexity index is 607. The Morgan fingerprint density at radius 3 is 3.06 bits per heavy atom. The number of rotatable bonds is 1. The summed E-state index contributed by atoms with van der Waals surface area (Å²) in [4.78, 5) is 24.2. The summed E-state index contributed by atoms with van der Waals surface area (Å²) in [7, 11) is 0. The third-order valence-corrected chi connectivity index (χ3v) is 2.88. The average molecular weight is 229 g/mol. The molecule has 0 amide bonds. The molecular weight excluding hydrogens is 218 g/mol. The molecule has 0 aromatic carbocycles. The van der Waals surface area contributed by atoms with Crippen LogP contribution in [0.1, 0.15) is 18.3 Å². The normalized spacial score (nSPS) is 18.1. The maximum atomic E-state index is 11.9. The van der Waals surface area contributed by atoms with Crippen molar-refractivity contribution in [2.45, 2.75) is 19.0 Å². The lowest BCUT2D eigenvalue weighted by atomic mass is 10.2. The lowest BCUT2D eigenvalue weighted by Gasteiger charge is -2.06. The summed E-state index contributed by atoms with van der Waals surface area (Å²) in [6.45, 7) is 0.645. The summed E-state index contributed by atoms with van der Waals surface area (Å²) in [5.41, 5.74) is 7.03. The van der Waals surface area contributed by atoms with E-state index in [0.717, 1.165) is 6.42 Å². The van der Waals surface area contributed by atoms with Crippen LogP contribution in [0.2, 0.25) is 0 Å². The Balaban J connectivity index is 2.18. The van der Waals surface area contributed by atoms with E-state index >= 15 is 0 Å². The quantitative estimate of drug-likeness (QED) is 0.749. The number of aromatic nitrogens is 4. The first-order valence-corrected chi connectivity index (χ1v) is 5.39. The maximum Gasteiger partial charge on any atom is 0.254 e. The van der Waals surface area contributed by atoms with Gasteiger partial charge in [-0.2, -0.15) is 0 Å². The van der Waals surface area contributed by atoms with Gasteiger partial charge in [0, 0.05) is 18.8 Å². The molecule has 6 nitrogen and oxygen atoms in total. The topological polar surface area (TPSA) is 86.7 Å². The Morgan fingerprint density at radius 1 is 1.41 bits per heavy atom. The monoisotopic (exact) mass is 229 g/mol. The molecule has 0 aliphatic carbocycles. The molecule has 0 spiro atoms. The van der Waals surface area contributed by atoms with Crippen LogP contribution in [-0.2, 0) is 6.54 Å². The second-order valence-electron chi connectivity index (χ2n) is 3.98. The fourth-order valence-corrected chi connectivity index (χ4v) is 2.00. The molecule has 1 aliphatic heterocycles. The van der Waals surface area contributed by atoms with E-state index in [4.69, 9.17) is 5.73 Å². The van der Waals surface area contributed by atoms with Crippen molar-refractivity contribution < 1.29 is 0 Å². The summed E-state index contributed by atoms with van der Waals surface area (Å²) in [5, 5.41) is 0. The van der Waals surface area contributed by atoms with Gasteiger partial charge in [-0.25, -0.2) is 15.0 Å². The highest BCUT2D eigenvalue weighted by molar-refractivity contribution is 5.52. The van der Waals surface area contributed by atoms with E-state index < -0.39 is 0 Å². The Hall–Kier alpha value is -2.08. The summed E-state index contributed by atoms with van der Waals surface area (Å²) < 4.78 is 1.62. The molecule has 3 heterocycles. The van der Waals surface area contributed by atoms with E-state index in [1.807, 2.05) is 0 Å². The van der Waals surface area contributed by atoms with Crippen molar-refractivity contribution in [2.75, 3.05) is 0 Å². The summed E-state index contributed by atoms with van der Waals surface area (Å²) in [6, 6.07) is 3.05. The molecule has 2 N–H and O–H groups in total. The van der Waals surface area contributed by atoms with Crippen LogP contribution in [0.15, 0.2) is 29.5 Å². The first-order chi connectivity index (χ1) is 8.25. The van der Waals surface area contributed by atoms with Gasteiger partial charge in [0.15, 0.2) is 0 Å². The largest absolute Gasteiger partial charge is 0.321 e. The van der Waals surface area contributed by atoms with Crippen LogP contribution in [0, 0.1) is 0 Å². The predicted octanol–water partition coefficient (Wildman–Crippen LogP) is 0.104. The molecule has 2 aromatic rings. The molecule has 3 rings (SSSR count). The van der Waals surface area contributed by atoms with Gasteiger partial charge in [0.2, 0.25) is 0 Å². The van der Waals surface area contributed by atoms with E-state index in [1.165, 1.54) is 12.4 Å². The van der Waals surface area contributed by atoms with Crippen LogP contribution in [0.25, 0.3) is 11.4 Å². The van der Waals surface area contributed by atoms with Crippen LogP contribution in [-0.4, -0.2) is 19.5 Å². The number of hydrogen-bond donors (Lipinski definition) is 1. The first kappa shape index (κ1) is 10.1. The first-order valence-electron chi connectivity index (χ1n) is 5.39. The van der Waals surface area contributed by atoms with Crippen molar-refractivity contribution in [3.05, 3.63) is 40.8 Å². The Kier molecular flexibility index (Phi) is 2.22. The second kappa shape index (κ2) is 3.74. The molecule has 0 saturated heterocycles. The van der Waals surface area contributed by atoms with Gasteiger partial charge in [-0.15, -0.1) is 0 Å². The second-order valence-corrected chi connectivity index (χ2v) is 3.98. The lowest BCUT2D eigenvalue weighted by molar-refractivity contribution is 0.678. The molecule has 1 unspecified atom stereocenters. The standard InChI is InChI=1S/C11H11N5O/c12-7-2-4-16-10(17)5-9(15-11(7)16)8-1-3-13-6-14-8/h1,3,5-7H,2,4,12H2. The van der Waals surface area contributed by atoms with Gasteiger partial charge in [0.25, 0.3) is 5.56 Å². The summed E-state index contributed by atoms with van der Waals surface area (Å²) in [5.74, 6) is 0.645. The fourth-order valence-electron chi connectivity index (χ4n) is 2.00. The van der Waals surface area contributed by atoms with Gasteiger partial charge < -0.3 is 5.73 Å². The van der Waals surface area contributed by atoms with Gasteiger partial charge in [0.05, 0.1) is 17.4 Å². The third kappa shape index (κ3) is 1.62. The van der Waals surface area contributed by atoms with E-state index in [9.17, 15) is 4.79 Å². The van der Waals surface area contributed by atoms with Crippen molar-refractivity contribution in [1.29, 1.82) is 0 Å². The van der Waals surface area contributed by atoms with Gasteiger partial charge in [-0.3, -0.25) is 9.36 Å². The molecule has 6 heteroatoms. The van der Waals surface area contributed by atoms with E-state index in [-0.39, 0.29) is 11.6 Å². The van der Waals surface area contributed by atoms with E-state index in [1.54, 1.807) is 16.8 Å². The highest BCUT2D eigenvalue weighted by Crippen LogP contribution is 2.21. The highest BCUT2D eigenvalue weighted by atomic mass is 16.1. The van der Waals surface area contributed by atoms with Gasteiger partial charge >= 0.3 is 0 Å². The third-order valence-electron chi connectivity index (χ3n) is 2.88. The van der Waals surface area contributed by atoms with Crippen LogP contribution < -0.4 is 11.3 Å². The van der Waals surface area contributed by atoms with E-state index in [0.29, 0.717) is 23.8 Å². The number of nitrogens with zero attached hydrogens (tertiary/aromatic N) is 4. The van der Waals surface area contributed by atoms with Crippen LogP contribution in [0.3, 0.4) is 0 Å². The molecule has 0 fully saturated rings. The number of hydrogen-bond acceptors (Lipinski definition) is 5. The van der Waals surface area contributed by atoms with Gasteiger partial charge in [-0.1, -0.05) is 0 Å². The smallest absolute Gasteiger partial charge is 0.254 e. The van der Waals surface area contributed by atoms with Crippen molar-refractivity contribution in [1.82, 2.24) is 19.5 Å². The highest BCUT2D eigenvalue weighted by Gasteiger charge is 2.22. The van der Waals surface area contributed by atoms with Crippen molar-refractivity contribution >= 4 is 0 Å². The SMILES string of the molecule is NC1CCn2c1nc(-c1ccncn1)cc2=O. The number of nitrogens with two attached hydrogens (primary N) is 1. The fraction of sp³-hybridized carbons (Fsp3) is 0.273. The molecule has 2 aromatic heterocycles. The minimum Gasteiger partial charge on any atom is -0.321 e. The minimum absolute atomic E-state index is 0.0726. The number of fused-ring (bicyclic) bond motifs is 1. The van der Waals surface area contributed by atoms with Crippen molar-refractivity contribution in [2.24, 2.45) is 5.73 Å². The molecule has 0 radical (unpaired) electrons. The van der Waals surface area contributed by atoms with Crippen LogP contribution in [0.5, 0.6) is 0 Å². The molecular formula is C11H11N5O. The maximum absolute atomic E-state index is 11.9. The molecule has 17 heavy (non-hydrogen) atoms. The van der Waals surface area contributed by atoms with Crippen molar-refractivity contribution in [3.63, 3.8) is 0 Å². The lowest BCUT2D eigenvalue weighted by Crippen LogP contribution is -2.22. The molecule has 0 bridgehead atoms. The zero-order valence-corrected chi connectivity index (χ0v) is 9.08. The predicted molar refractivity (Wildman–Crippen MR) is 61.1 cm³/mol. The zero-order valence-electron chi connectivity index (χ0n) is 9.08. The zero-order chi connectivity index (χ0) is 11.8. The van der Waals surface area contributed by atoms with Crippen molar-refractivity contribution in [3.8, 4) is 11.4 Å². The summed E-state index contributed by atoms with van der Waals surface area (Å²) in [6.07, 6.45) is 3.81. The Morgan fingerprint density at radius 2 is 2.29 bits per heavy atom. The molecule has 1 aliphatic rings. The van der Waals surface area contributed by atoms with Gasteiger partial charge in [0.1, 0.15) is 12.2 Å².